The summed E-state index contributed by atoms with van der Waals surface area (Å²) in [6.07, 6.45) is 0. The monoisotopic (exact) mass is 362 g/mol. The van der Waals surface area contributed by atoms with E-state index in [1.54, 1.807) is 19.9 Å². The minimum atomic E-state index is -0.399. The molecule has 0 aliphatic carbocycles. The van der Waals surface area contributed by atoms with Gasteiger partial charge in [0.2, 0.25) is 11.0 Å². The number of amides is 1. The van der Waals surface area contributed by atoms with E-state index in [-0.39, 0.29) is 5.91 Å². The van der Waals surface area contributed by atoms with E-state index in [1.807, 2.05) is 25.1 Å². The largest absolute Gasteiger partial charge is 0.361 e. The first-order valence-corrected chi connectivity index (χ1v) is 8.49. The number of nitrogens with one attached hydrogen (secondary N) is 1. The van der Waals surface area contributed by atoms with Crippen molar-refractivity contribution in [3.05, 3.63) is 46.3 Å². The summed E-state index contributed by atoms with van der Waals surface area (Å²) < 4.78 is 5.12. The Balaban J connectivity index is 1.78. The van der Waals surface area contributed by atoms with Gasteiger partial charge in [0, 0.05) is 11.1 Å². The molecular formula is C16H15ClN4O2S. The Morgan fingerprint density at radius 2 is 2.04 bits per heavy atom. The number of carbonyl (C=O) groups excluding carboxylic acids is 1. The van der Waals surface area contributed by atoms with Gasteiger partial charge in [-0.2, -0.15) is 0 Å². The third-order valence-electron chi connectivity index (χ3n) is 3.67. The van der Waals surface area contributed by atoms with E-state index < -0.39 is 5.92 Å². The van der Waals surface area contributed by atoms with Crippen LogP contribution in [0.5, 0.6) is 0 Å². The maximum atomic E-state index is 12.5. The van der Waals surface area contributed by atoms with Crippen molar-refractivity contribution in [1.82, 2.24) is 15.4 Å². The van der Waals surface area contributed by atoms with Crippen molar-refractivity contribution in [3.8, 4) is 10.6 Å². The predicted molar refractivity (Wildman–Crippen MR) is 93.4 cm³/mol. The molecule has 0 bridgehead atoms. The minimum Gasteiger partial charge on any atom is -0.361 e. The summed E-state index contributed by atoms with van der Waals surface area (Å²) in [6, 6.07) is 7.37. The molecule has 1 atom stereocenters. The molecule has 0 fully saturated rings. The Hall–Kier alpha value is -2.25. The van der Waals surface area contributed by atoms with Crippen molar-refractivity contribution in [2.75, 3.05) is 5.32 Å². The Morgan fingerprint density at radius 3 is 2.71 bits per heavy atom. The predicted octanol–water partition coefficient (Wildman–Crippen LogP) is 4.21. The fourth-order valence-electron chi connectivity index (χ4n) is 2.47. The first kappa shape index (κ1) is 16.6. The van der Waals surface area contributed by atoms with Crippen LogP contribution in [0.1, 0.15) is 29.9 Å². The molecule has 24 heavy (non-hydrogen) atoms. The fraction of sp³-hybridized carbons (Fsp3) is 0.250. The SMILES string of the molecule is Cc1noc(C)c1C(C)C(=O)Nc1nnc(-c2ccccc2Cl)s1. The highest BCUT2D eigenvalue weighted by molar-refractivity contribution is 7.18. The van der Waals surface area contributed by atoms with Gasteiger partial charge < -0.3 is 4.52 Å². The van der Waals surface area contributed by atoms with Gasteiger partial charge in [0.1, 0.15) is 5.76 Å². The van der Waals surface area contributed by atoms with Crippen LogP contribution in [0.25, 0.3) is 10.6 Å². The van der Waals surface area contributed by atoms with E-state index in [0.717, 1.165) is 11.1 Å². The van der Waals surface area contributed by atoms with Crippen molar-refractivity contribution in [2.24, 2.45) is 0 Å². The maximum absolute atomic E-state index is 12.5. The van der Waals surface area contributed by atoms with Crippen LogP contribution in [0.2, 0.25) is 5.02 Å². The summed E-state index contributed by atoms with van der Waals surface area (Å²) in [4.78, 5) is 12.5. The lowest BCUT2D eigenvalue weighted by molar-refractivity contribution is -0.117. The third-order valence-corrected chi connectivity index (χ3v) is 4.88. The number of aromatic nitrogens is 3. The van der Waals surface area contributed by atoms with Gasteiger partial charge in [0.25, 0.3) is 0 Å². The first-order chi connectivity index (χ1) is 11.5. The smallest absolute Gasteiger partial charge is 0.233 e. The summed E-state index contributed by atoms with van der Waals surface area (Å²) >= 11 is 7.43. The molecule has 3 rings (SSSR count). The lowest BCUT2D eigenvalue weighted by Gasteiger charge is -2.09. The van der Waals surface area contributed by atoms with Crippen LogP contribution in [-0.2, 0) is 4.79 Å². The normalized spacial score (nSPS) is 12.2. The number of hydrogen-bond acceptors (Lipinski definition) is 6. The highest BCUT2D eigenvalue weighted by atomic mass is 35.5. The Bertz CT molecular complexity index is 870. The zero-order valence-electron chi connectivity index (χ0n) is 13.3. The van der Waals surface area contributed by atoms with E-state index >= 15 is 0 Å². The summed E-state index contributed by atoms with van der Waals surface area (Å²) in [5, 5.41) is 16.5. The molecule has 0 saturated carbocycles. The zero-order chi connectivity index (χ0) is 17.3. The van der Waals surface area contributed by atoms with Gasteiger partial charge in [-0.15, -0.1) is 10.2 Å². The molecule has 1 aromatic carbocycles. The number of rotatable bonds is 4. The molecule has 8 heteroatoms. The molecule has 0 aliphatic heterocycles. The van der Waals surface area contributed by atoms with Crippen molar-refractivity contribution in [3.63, 3.8) is 0 Å². The van der Waals surface area contributed by atoms with Crippen LogP contribution in [0.15, 0.2) is 28.8 Å². The Morgan fingerprint density at radius 1 is 1.29 bits per heavy atom. The Kier molecular flexibility index (Phi) is 4.64. The molecule has 124 valence electrons. The number of carbonyl (C=O) groups is 1. The van der Waals surface area contributed by atoms with Gasteiger partial charge in [-0.05, 0) is 26.8 Å². The topological polar surface area (TPSA) is 80.9 Å². The molecule has 3 aromatic rings. The molecule has 2 heterocycles. The quantitative estimate of drug-likeness (QED) is 0.752. The van der Waals surface area contributed by atoms with Gasteiger partial charge in [0.05, 0.1) is 16.6 Å². The number of halogens is 1. The number of aryl methyl sites for hydroxylation is 2. The number of anilines is 1. The van der Waals surface area contributed by atoms with E-state index in [0.29, 0.717) is 26.6 Å². The summed E-state index contributed by atoms with van der Waals surface area (Å²) in [5.41, 5.74) is 2.29. The van der Waals surface area contributed by atoms with E-state index in [1.165, 1.54) is 11.3 Å². The van der Waals surface area contributed by atoms with Gasteiger partial charge >= 0.3 is 0 Å². The van der Waals surface area contributed by atoms with Crippen molar-refractivity contribution < 1.29 is 9.32 Å². The van der Waals surface area contributed by atoms with Crippen LogP contribution in [-0.4, -0.2) is 21.3 Å². The van der Waals surface area contributed by atoms with Crippen molar-refractivity contribution >= 4 is 34.0 Å². The van der Waals surface area contributed by atoms with E-state index in [9.17, 15) is 4.79 Å². The molecule has 1 unspecified atom stereocenters. The van der Waals surface area contributed by atoms with Gasteiger partial charge in [0.15, 0.2) is 5.01 Å². The molecule has 1 N–H and O–H groups in total. The molecular weight excluding hydrogens is 348 g/mol. The molecule has 1 amide bonds. The number of benzene rings is 1. The Labute approximate surface area is 147 Å². The standard InChI is InChI=1S/C16H15ClN4O2S/c1-8(13-9(2)21-23-10(13)3)14(22)18-16-20-19-15(24-16)11-6-4-5-7-12(11)17/h4-8H,1-3H3,(H,18,20,22). The summed E-state index contributed by atoms with van der Waals surface area (Å²) in [5.74, 6) is 0.0549. The molecule has 2 aromatic heterocycles. The van der Waals surface area contributed by atoms with E-state index in [4.69, 9.17) is 16.1 Å². The average Bonchev–Trinajstić information content (AvgIpc) is 3.14. The van der Waals surface area contributed by atoms with Gasteiger partial charge in [-0.1, -0.05) is 46.3 Å². The number of nitrogens with zero attached hydrogens (tertiary/aromatic N) is 3. The molecule has 0 spiro atoms. The van der Waals surface area contributed by atoms with Crippen molar-refractivity contribution in [1.29, 1.82) is 0 Å². The second-order valence-electron chi connectivity index (χ2n) is 5.34. The maximum Gasteiger partial charge on any atom is 0.233 e. The highest BCUT2D eigenvalue weighted by Crippen LogP contribution is 2.32. The van der Waals surface area contributed by atoms with Crippen LogP contribution in [0, 0.1) is 13.8 Å². The lowest BCUT2D eigenvalue weighted by atomic mass is 9.99. The van der Waals surface area contributed by atoms with Gasteiger partial charge in [-0.25, -0.2) is 0 Å². The van der Waals surface area contributed by atoms with Gasteiger partial charge in [-0.3, -0.25) is 10.1 Å². The van der Waals surface area contributed by atoms with Crippen LogP contribution >= 0.6 is 22.9 Å². The van der Waals surface area contributed by atoms with Crippen LogP contribution < -0.4 is 5.32 Å². The molecule has 6 nitrogen and oxygen atoms in total. The average molecular weight is 363 g/mol. The summed E-state index contributed by atoms with van der Waals surface area (Å²) in [7, 11) is 0. The minimum absolute atomic E-state index is 0.189. The lowest BCUT2D eigenvalue weighted by Crippen LogP contribution is -2.19. The highest BCUT2D eigenvalue weighted by Gasteiger charge is 2.24. The zero-order valence-corrected chi connectivity index (χ0v) is 14.9. The second-order valence-corrected chi connectivity index (χ2v) is 6.73. The summed E-state index contributed by atoms with van der Waals surface area (Å²) in [6.45, 7) is 5.41. The number of hydrogen-bond donors (Lipinski definition) is 1. The van der Waals surface area contributed by atoms with Crippen LogP contribution in [0.3, 0.4) is 0 Å². The fourth-order valence-corrected chi connectivity index (χ4v) is 3.54. The second kappa shape index (κ2) is 6.70. The molecule has 0 aliphatic rings. The molecule has 0 saturated heterocycles. The van der Waals surface area contributed by atoms with Crippen LogP contribution in [0.4, 0.5) is 5.13 Å². The van der Waals surface area contributed by atoms with E-state index in [2.05, 4.69) is 20.7 Å². The molecule has 0 radical (unpaired) electrons. The first-order valence-electron chi connectivity index (χ1n) is 7.29. The third kappa shape index (κ3) is 3.18. The van der Waals surface area contributed by atoms with Crippen molar-refractivity contribution in [2.45, 2.75) is 26.7 Å².